The highest BCUT2D eigenvalue weighted by molar-refractivity contribution is 14.0. The Bertz CT molecular complexity index is 936. The number of aromatic nitrogens is 3. The second-order valence-corrected chi connectivity index (χ2v) is 7.71. The fourth-order valence-corrected chi connectivity index (χ4v) is 4.17. The van der Waals surface area contributed by atoms with Gasteiger partial charge in [0.2, 0.25) is 0 Å². The molecule has 0 amide bonds. The standard InChI is InChI=1S/C17H22N6O2S2.HI/c1-5-25-15(24)13-10(2)20-14(27-13)11(3)21-16(18-4)19-8-12-9-23-6-7-26-17(23)22-12;/h6-7,9,11H,5,8H2,1-4H3,(H2,18,19,21);1H. The summed E-state index contributed by atoms with van der Waals surface area (Å²) in [7, 11) is 1.71. The minimum atomic E-state index is -0.326. The predicted octanol–water partition coefficient (Wildman–Crippen LogP) is 3.38. The molecular weight excluding hydrogens is 511 g/mol. The van der Waals surface area contributed by atoms with E-state index in [0.717, 1.165) is 15.7 Å². The van der Waals surface area contributed by atoms with E-state index in [2.05, 4.69) is 25.6 Å². The number of imidazole rings is 1. The van der Waals surface area contributed by atoms with Gasteiger partial charge in [0.1, 0.15) is 9.88 Å². The fraction of sp³-hybridized carbons (Fsp3) is 0.412. The van der Waals surface area contributed by atoms with Crippen molar-refractivity contribution >= 4 is 63.5 Å². The van der Waals surface area contributed by atoms with E-state index >= 15 is 0 Å². The maximum atomic E-state index is 12.0. The molecule has 3 aromatic rings. The zero-order valence-electron chi connectivity index (χ0n) is 16.1. The maximum absolute atomic E-state index is 12.0. The summed E-state index contributed by atoms with van der Waals surface area (Å²) in [6.45, 7) is 6.50. The number of nitrogens with zero attached hydrogens (tertiary/aromatic N) is 4. The van der Waals surface area contributed by atoms with E-state index in [1.807, 2.05) is 36.0 Å². The summed E-state index contributed by atoms with van der Waals surface area (Å²) >= 11 is 2.94. The number of thiazole rings is 2. The fourth-order valence-electron chi connectivity index (χ4n) is 2.49. The van der Waals surface area contributed by atoms with Gasteiger partial charge in [0, 0.05) is 24.8 Å². The average molecular weight is 534 g/mol. The number of halogens is 1. The predicted molar refractivity (Wildman–Crippen MR) is 123 cm³/mol. The largest absolute Gasteiger partial charge is 0.462 e. The van der Waals surface area contributed by atoms with Gasteiger partial charge in [0.25, 0.3) is 0 Å². The summed E-state index contributed by atoms with van der Waals surface area (Å²) in [4.78, 5) is 26.8. The van der Waals surface area contributed by atoms with Crippen LogP contribution in [-0.2, 0) is 11.3 Å². The lowest BCUT2D eigenvalue weighted by molar-refractivity contribution is 0.0531. The number of guanidine groups is 1. The molecule has 0 radical (unpaired) electrons. The molecular formula is C17H23IN6O2S2. The van der Waals surface area contributed by atoms with Gasteiger partial charge in [-0.25, -0.2) is 14.8 Å². The Labute approximate surface area is 188 Å². The summed E-state index contributed by atoms with van der Waals surface area (Å²) in [6.07, 6.45) is 3.98. The number of aliphatic imine (C=N–C) groups is 1. The number of fused-ring (bicyclic) bond motifs is 1. The Morgan fingerprint density at radius 3 is 2.89 bits per heavy atom. The number of ether oxygens (including phenoxy) is 1. The Balaban J connectivity index is 0.00000280. The molecule has 0 fully saturated rings. The van der Waals surface area contributed by atoms with Crippen molar-refractivity contribution in [3.05, 3.63) is 39.0 Å². The second-order valence-electron chi connectivity index (χ2n) is 5.80. The van der Waals surface area contributed by atoms with Gasteiger partial charge in [-0.1, -0.05) is 0 Å². The summed E-state index contributed by atoms with van der Waals surface area (Å²) in [5.41, 5.74) is 1.62. The Kier molecular flexibility index (Phi) is 8.19. The summed E-state index contributed by atoms with van der Waals surface area (Å²) in [5.74, 6) is 0.317. The third-order valence-electron chi connectivity index (χ3n) is 3.80. The molecule has 0 spiro atoms. The Hall–Kier alpha value is -1.73. The van der Waals surface area contributed by atoms with E-state index in [-0.39, 0.29) is 36.0 Å². The summed E-state index contributed by atoms with van der Waals surface area (Å²) < 4.78 is 7.07. The number of aryl methyl sites for hydroxylation is 1. The van der Waals surface area contributed by atoms with Crippen LogP contribution in [0.5, 0.6) is 0 Å². The number of nitrogens with one attached hydrogen (secondary N) is 2. The van der Waals surface area contributed by atoms with Crippen LogP contribution in [0.15, 0.2) is 22.8 Å². The highest BCUT2D eigenvalue weighted by Crippen LogP contribution is 2.24. The molecule has 0 aliphatic carbocycles. The molecule has 0 saturated heterocycles. The second kappa shape index (κ2) is 10.2. The molecule has 2 N–H and O–H groups in total. The monoisotopic (exact) mass is 534 g/mol. The van der Waals surface area contributed by atoms with Crippen LogP contribution < -0.4 is 10.6 Å². The van der Waals surface area contributed by atoms with Gasteiger partial charge in [-0.2, -0.15) is 0 Å². The average Bonchev–Trinajstić information content (AvgIpc) is 3.33. The van der Waals surface area contributed by atoms with Crippen molar-refractivity contribution in [3.8, 4) is 0 Å². The number of carbonyl (C=O) groups excluding carboxylic acids is 1. The van der Waals surface area contributed by atoms with Crippen molar-refractivity contribution in [2.24, 2.45) is 4.99 Å². The molecule has 1 atom stereocenters. The van der Waals surface area contributed by atoms with Crippen LogP contribution in [0, 0.1) is 6.92 Å². The van der Waals surface area contributed by atoms with Crippen molar-refractivity contribution in [3.63, 3.8) is 0 Å². The number of hydrogen-bond acceptors (Lipinski definition) is 7. The van der Waals surface area contributed by atoms with E-state index in [0.29, 0.717) is 29.7 Å². The number of carbonyl (C=O) groups is 1. The molecule has 3 aromatic heterocycles. The van der Waals surface area contributed by atoms with Gasteiger partial charge in [0.05, 0.1) is 30.6 Å². The van der Waals surface area contributed by atoms with Gasteiger partial charge >= 0.3 is 5.97 Å². The number of rotatable bonds is 6. The first-order valence-electron chi connectivity index (χ1n) is 8.54. The molecule has 0 bridgehead atoms. The lowest BCUT2D eigenvalue weighted by atomic mass is 10.3. The van der Waals surface area contributed by atoms with E-state index in [1.54, 1.807) is 25.3 Å². The molecule has 8 nitrogen and oxygen atoms in total. The number of esters is 1. The molecule has 28 heavy (non-hydrogen) atoms. The summed E-state index contributed by atoms with van der Waals surface area (Å²) in [6, 6.07) is -0.103. The molecule has 1 unspecified atom stereocenters. The number of hydrogen-bond donors (Lipinski definition) is 2. The smallest absolute Gasteiger partial charge is 0.350 e. The molecule has 0 saturated carbocycles. The van der Waals surface area contributed by atoms with Crippen molar-refractivity contribution in [1.29, 1.82) is 0 Å². The van der Waals surface area contributed by atoms with Crippen LogP contribution in [0.1, 0.15) is 46.0 Å². The van der Waals surface area contributed by atoms with E-state index in [1.165, 1.54) is 11.3 Å². The first-order valence-corrected chi connectivity index (χ1v) is 10.2. The van der Waals surface area contributed by atoms with Crippen molar-refractivity contribution in [1.82, 2.24) is 25.0 Å². The van der Waals surface area contributed by atoms with Crippen molar-refractivity contribution < 1.29 is 9.53 Å². The zero-order valence-corrected chi connectivity index (χ0v) is 20.0. The first kappa shape index (κ1) is 22.6. The Morgan fingerprint density at radius 2 is 2.21 bits per heavy atom. The van der Waals surface area contributed by atoms with Crippen LogP contribution >= 0.6 is 46.7 Å². The van der Waals surface area contributed by atoms with Gasteiger partial charge in [-0.15, -0.1) is 46.7 Å². The van der Waals surface area contributed by atoms with Crippen LogP contribution in [0.25, 0.3) is 4.96 Å². The van der Waals surface area contributed by atoms with Crippen LogP contribution in [0.2, 0.25) is 0 Å². The molecule has 0 aliphatic rings. The van der Waals surface area contributed by atoms with E-state index < -0.39 is 0 Å². The van der Waals surface area contributed by atoms with E-state index in [9.17, 15) is 4.79 Å². The molecule has 0 aliphatic heterocycles. The maximum Gasteiger partial charge on any atom is 0.350 e. The summed E-state index contributed by atoms with van der Waals surface area (Å²) in [5, 5.41) is 9.36. The minimum absolute atomic E-state index is 0. The van der Waals surface area contributed by atoms with E-state index in [4.69, 9.17) is 4.74 Å². The van der Waals surface area contributed by atoms with Crippen LogP contribution in [0.3, 0.4) is 0 Å². The van der Waals surface area contributed by atoms with Gasteiger partial charge in [-0.3, -0.25) is 9.39 Å². The Morgan fingerprint density at radius 1 is 1.43 bits per heavy atom. The minimum Gasteiger partial charge on any atom is -0.462 e. The van der Waals surface area contributed by atoms with Crippen molar-refractivity contribution in [2.75, 3.05) is 13.7 Å². The topological polar surface area (TPSA) is 92.9 Å². The normalized spacial score (nSPS) is 12.5. The zero-order chi connectivity index (χ0) is 19.4. The quantitative estimate of drug-likeness (QED) is 0.218. The van der Waals surface area contributed by atoms with Gasteiger partial charge < -0.3 is 15.4 Å². The molecule has 3 heterocycles. The SMILES string of the molecule is CCOC(=O)c1sc(C(C)NC(=NC)NCc2cn3ccsc3n2)nc1C.I. The van der Waals surface area contributed by atoms with Gasteiger partial charge in [0.15, 0.2) is 10.9 Å². The van der Waals surface area contributed by atoms with Crippen LogP contribution in [0.4, 0.5) is 0 Å². The lowest BCUT2D eigenvalue weighted by Crippen LogP contribution is -2.38. The third-order valence-corrected chi connectivity index (χ3v) is 5.89. The van der Waals surface area contributed by atoms with Crippen LogP contribution in [-0.4, -0.2) is 40.0 Å². The molecule has 11 heteroatoms. The lowest BCUT2D eigenvalue weighted by Gasteiger charge is -2.15. The first-order chi connectivity index (χ1) is 13.0. The highest BCUT2D eigenvalue weighted by atomic mass is 127. The third kappa shape index (κ3) is 5.20. The van der Waals surface area contributed by atoms with Gasteiger partial charge in [-0.05, 0) is 20.8 Å². The highest BCUT2D eigenvalue weighted by Gasteiger charge is 2.20. The molecule has 3 rings (SSSR count). The molecule has 0 aromatic carbocycles. The molecule has 152 valence electrons. The van der Waals surface area contributed by atoms with Crippen molar-refractivity contribution in [2.45, 2.75) is 33.4 Å².